The Bertz CT molecular complexity index is 462. The summed E-state index contributed by atoms with van der Waals surface area (Å²) >= 11 is 5.53. The lowest BCUT2D eigenvalue weighted by atomic mass is 10.3. The summed E-state index contributed by atoms with van der Waals surface area (Å²) in [7, 11) is 5.02. The van der Waals surface area contributed by atoms with E-state index in [0.717, 1.165) is 37.2 Å². The van der Waals surface area contributed by atoms with Gasteiger partial charge < -0.3 is 31.9 Å². The zero-order chi connectivity index (χ0) is 21.3. The van der Waals surface area contributed by atoms with E-state index in [1.807, 2.05) is 30.3 Å². The van der Waals surface area contributed by atoms with Gasteiger partial charge >= 0.3 is 17.6 Å². The highest BCUT2D eigenvalue weighted by Gasteiger charge is 2.37. The molecule has 1 N–H and O–H groups in total. The van der Waals surface area contributed by atoms with Gasteiger partial charge in [0.25, 0.3) is 0 Å². The number of hydrogen-bond donors (Lipinski definition) is 1. The summed E-state index contributed by atoms with van der Waals surface area (Å²) in [5, 5.41) is 3.35. The third-order valence-corrected chi connectivity index (χ3v) is 10.2. The SMILES string of the molecule is CO[Si](CCCCl)(OC)OC.CO[Si](CCCNc1ccccc1)(OC)OC. The second-order valence-electron chi connectivity index (χ2n) is 5.78. The second-order valence-corrected chi connectivity index (χ2v) is 12.3. The van der Waals surface area contributed by atoms with E-state index in [1.54, 1.807) is 42.7 Å². The fourth-order valence-corrected chi connectivity index (χ4v) is 6.29. The average Bonchev–Trinajstić information content (AvgIpc) is 2.77. The number of alkyl halides is 1. The molecular weight excluding hydrogens is 418 g/mol. The molecule has 28 heavy (non-hydrogen) atoms. The van der Waals surface area contributed by atoms with Gasteiger partial charge in [-0.05, 0) is 25.0 Å². The first kappa shape index (κ1) is 27.5. The molecule has 0 aliphatic heterocycles. The van der Waals surface area contributed by atoms with Gasteiger partial charge in [-0.3, -0.25) is 0 Å². The number of rotatable bonds is 14. The molecule has 0 aliphatic rings. The summed E-state index contributed by atoms with van der Waals surface area (Å²) in [6.07, 6.45) is 1.82. The highest BCUT2D eigenvalue weighted by Crippen LogP contribution is 2.16. The smallest absolute Gasteiger partial charge is 0.385 e. The Labute approximate surface area is 177 Å². The predicted octanol–water partition coefficient (Wildman–Crippen LogP) is 3.86. The number of nitrogens with one attached hydrogen (secondary N) is 1. The molecule has 0 bridgehead atoms. The summed E-state index contributed by atoms with van der Waals surface area (Å²) in [5.41, 5.74) is 1.13. The molecule has 1 rings (SSSR count). The zero-order valence-electron chi connectivity index (χ0n) is 18.0. The Morgan fingerprint density at radius 2 is 1.14 bits per heavy atom. The van der Waals surface area contributed by atoms with Gasteiger partial charge in [0.15, 0.2) is 0 Å². The van der Waals surface area contributed by atoms with Crippen LogP contribution in [-0.4, -0.2) is 72.7 Å². The fourth-order valence-electron chi connectivity index (χ4n) is 2.49. The normalized spacial score (nSPS) is 11.7. The molecule has 0 aromatic heterocycles. The van der Waals surface area contributed by atoms with Gasteiger partial charge in [0.05, 0.1) is 0 Å². The van der Waals surface area contributed by atoms with Gasteiger partial charge in [0.2, 0.25) is 0 Å². The van der Waals surface area contributed by atoms with E-state index >= 15 is 0 Å². The first-order valence-electron chi connectivity index (χ1n) is 9.16. The molecule has 164 valence electrons. The fraction of sp³-hybridized carbons (Fsp3) is 0.667. The summed E-state index contributed by atoms with van der Waals surface area (Å²) in [6, 6.07) is 11.7. The molecule has 0 unspecified atom stereocenters. The van der Waals surface area contributed by atoms with Crippen molar-refractivity contribution in [2.75, 3.05) is 60.4 Å². The van der Waals surface area contributed by atoms with Crippen molar-refractivity contribution in [3.05, 3.63) is 30.3 Å². The molecule has 0 amide bonds. The van der Waals surface area contributed by atoms with Gasteiger partial charge in [0.1, 0.15) is 0 Å². The van der Waals surface area contributed by atoms with Crippen LogP contribution in [0.1, 0.15) is 12.8 Å². The van der Waals surface area contributed by atoms with E-state index in [9.17, 15) is 0 Å². The Kier molecular flexibility index (Phi) is 16.0. The minimum absolute atomic E-state index is 0.616. The Balaban J connectivity index is 0.000000576. The Hall–Kier alpha value is -0.496. The molecule has 1 aromatic carbocycles. The molecule has 0 saturated carbocycles. The third-order valence-electron chi connectivity index (χ3n) is 4.25. The number of hydrogen-bond acceptors (Lipinski definition) is 7. The van der Waals surface area contributed by atoms with E-state index in [0.29, 0.717) is 5.88 Å². The van der Waals surface area contributed by atoms with Crippen molar-refractivity contribution in [1.82, 2.24) is 0 Å². The van der Waals surface area contributed by atoms with Crippen LogP contribution in [0.3, 0.4) is 0 Å². The lowest BCUT2D eigenvalue weighted by Gasteiger charge is -2.24. The number of halogens is 1. The maximum absolute atomic E-state index is 5.53. The lowest BCUT2D eigenvalue weighted by Crippen LogP contribution is -2.42. The molecule has 0 fully saturated rings. The molecule has 0 atom stereocenters. The minimum Gasteiger partial charge on any atom is -0.385 e. The monoisotopic (exact) mass is 453 g/mol. The largest absolute Gasteiger partial charge is 0.500 e. The molecule has 0 radical (unpaired) electrons. The first-order valence-corrected chi connectivity index (χ1v) is 13.6. The summed E-state index contributed by atoms with van der Waals surface area (Å²) in [6.45, 7) is 0.884. The van der Waals surface area contributed by atoms with Crippen LogP contribution in [0.2, 0.25) is 12.1 Å². The molecule has 7 nitrogen and oxygen atoms in total. The molecular formula is C18H36ClNO6Si2. The molecule has 10 heteroatoms. The van der Waals surface area contributed by atoms with Crippen LogP contribution in [0.25, 0.3) is 0 Å². The van der Waals surface area contributed by atoms with Crippen molar-refractivity contribution in [2.45, 2.75) is 24.9 Å². The maximum Gasteiger partial charge on any atom is 0.500 e. The van der Waals surface area contributed by atoms with E-state index < -0.39 is 17.6 Å². The predicted molar refractivity (Wildman–Crippen MR) is 118 cm³/mol. The summed E-state index contributed by atoms with van der Waals surface area (Å²) < 4.78 is 31.6. The Morgan fingerprint density at radius 1 is 0.714 bits per heavy atom. The van der Waals surface area contributed by atoms with E-state index in [-0.39, 0.29) is 0 Å². The van der Waals surface area contributed by atoms with E-state index in [2.05, 4.69) is 5.32 Å². The quantitative estimate of drug-likeness (QED) is 0.260. The highest BCUT2D eigenvalue weighted by molar-refractivity contribution is 6.60. The van der Waals surface area contributed by atoms with Gasteiger partial charge in [-0.15, -0.1) is 11.6 Å². The Morgan fingerprint density at radius 3 is 1.54 bits per heavy atom. The molecule has 0 saturated heterocycles. The van der Waals surface area contributed by atoms with Gasteiger partial charge in [-0.25, -0.2) is 0 Å². The van der Waals surface area contributed by atoms with Crippen LogP contribution in [0.4, 0.5) is 5.69 Å². The number of benzene rings is 1. The topological polar surface area (TPSA) is 67.4 Å². The van der Waals surface area contributed by atoms with Crippen molar-refractivity contribution in [3.63, 3.8) is 0 Å². The van der Waals surface area contributed by atoms with Crippen molar-refractivity contribution < 1.29 is 26.6 Å². The van der Waals surface area contributed by atoms with Crippen molar-refractivity contribution in [2.24, 2.45) is 0 Å². The minimum atomic E-state index is -2.40. The highest BCUT2D eigenvalue weighted by atomic mass is 35.5. The van der Waals surface area contributed by atoms with Crippen molar-refractivity contribution in [1.29, 1.82) is 0 Å². The third kappa shape index (κ3) is 10.3. The van der Waals surface area contributed by atoms with Gasteiger partial charge in [-0.2, -0.15) is 0 Å². The van der Waals surface area contributed by atoms with E-state index in [1.165, 1.54) is 0 Å². The van der Waals surface area contributed by atoms with Crippen LogP contribution < -0.4 is 5.32 Å². The summed E-state index contributed by atoms with van der Waals surface area (Å²) in [5.74, 6) is 0.616. The second kappa shape index (κ2) is 16.3. The van der Waals surface area contributed by atoms with Gasteiger partial charge in [-0.1, -0.05) is 18.2 Å². The van der Waals surface area contributed by atoms with Crippen LogP contribution >= 0.6 is 11.6 Å². The average molecular weight is 454 g/mol. The standard InChI is InChI=1S/C12H21NO3Si.C6H15ClO3Si/c1-14-17(15-2,16-3)11-7-10-13-12-8-5-4-6-9-12;1-8-11(9-2,10-3)6-4-5-7/h4-6,8-9,13H,7,10-11H2,1-3H3;4-6H2,1-3H3. The number of para-hydroxylation sites is 1. The zero-order valence-corrected chi connectivity index (χ0v) is 20.7. The van der Waals surface area contributed by atoms with Crippen LogP contribution in [-0.2, 0) is 26.6 Å². The molecule has 0 aliphatic carbocycles. The number of anilines is 1. The van der Waals surface area contributed by atoms with Gasteiger partial charge in [0, 0.05) is 72.9 Å². The maximum atomic E-state index is 5.53. The van der Waals surface area contributed by atoms with E-state index in [4.69, 9.17) is 38.2 Å². The van der Waals surface area contributed by atoms with Crippen LogP contribution in [0, 0.1) is 0 Å². The molecule has 0 heterocycles. The lowest BCUT2D eigenvalue weighted by molar-refractivity contribution is 0.123. The van der Waals surface area contributed by atoms with Crippen molar-refractivity contribution in [3.8, 4) is 0 Å². The summed E-state index contributed by atoms with van der Waals surface area (Å²) in [4.78, 5) is 0. The molecule has 0 spiro atoms. The molecule has 1 aromatic rings. The van der Waals surface area contributed by atoms with Crippen LogP contribution in [0.5, 0.6) is 0 Å². The van der Waals surface area contributed by atoms with Crippen molar-refractivity contribution >= 4 is 34.9 Å². The first-order chi connectivity index (χ1) is 13.5. The van der Waals surface area contributed by atoms with Crippen LogP contribution in [0.15, 0.2) is 30.3 Å².